The van der Waals surface area contributed by atoms with Gasteiger partial charge >= 0.3 is 0 Å². The number of nitrogens with zero attached hydrogens (tertiary/aromatic N) is 6. The van der Waals surface area contributed by atoms with E-state index in [4.69, 9.17) is 0 Å². The van der Waals surface area contributed by atoms with Gasteiger partial charge in [0.05, 0.1) is 18.8 Å². The summed E-state index contributed by atoms with van der Waals surface area (Å²) in [5, 5.41) is 27.1. The number of tetrazole rings is 1. The van der Waals surface area contributed by atoms with Crippen LogP contribution in [0.4, 0.5) is 8.78 Å². The van der Waals surface area contributed by atoms with Crippen molar-refractivity contribution in [2.24, 2.45) is 0 Å². The molecule has 9 heteroatoms. The molecule has 2 aromatic heterocycles. The number of hydrogen-bond donors (Lipinski definition) is 1. The zero-order valence-corrected chi connectivity index (χ0v) is 16.2. The maximum atomic E-state index is 14.7. The molecule has 30 heavy (non-hydrogen) atoms. The predicted molar refractivity (Wildman–Crippen MR) is 104 cm³/mol. The van der Waals surface area contributed by atoms with Crippen molar-refractivity contribution in [2.45, 2.75) is 31.5 Å². The molecular formula is C21H20F2N6O. The van der Waals surface area contributed by atoms with Crippen LogP contribution in [0, 0.1) is 11.6 Å². The van der Waals surface area contributed by atoms with Crippen molar-refractivity contribution in [3.05, 3.63) is 95.6 Å². The van der Waals surface area contributed by atoms with Crippen molar-refractivity contribution in [3.63, 3.8) is 0 Å². The topological polar surface area (TPSA) is 81.6 Å². The van der Waals surface area contributed by atoms with E-state index in [1.54, 1.807) is 23.9 Å². The Morgan fingerprint density at radius 1 is 1.07 bits per heavy atom. The van der Waals surface area contributed by atoms with E-state index in [-0.39, 0.29) is 12.1 Å². The molecule has 0 amide bonds. The van der Waals surface area contributed by atoms with Crippen molar-refractivity contribution in [1.29, 1.82) is 0 Å². The minimum atomic E-state index is -1.76. The monoisotopic (exact) mass is 410 g/mol. The first kappa shape index (κ1) is 19.8. The first-order valence-electron chi connectivity index (χ1n) is 9.41. The number of halogens is 2. The minimum absolute atomic E-state index is 0.0514. The van der Waals surface area contributed by atoms with Gasteiger partial charge in [-0.1, -0.05) is 43.3 Å². The van der Waals surface area contributed by atoms with Gasteiger partial charge in [-0.05, 0) is 28.1 Å². The molecule has 1 N–H and O–H groups in total. The Morgan fingerprint density at radius 3 is 2.57 bits per heavy atom. The van der Waals surface area contributed by atoms with Crippen LogP contribution >= 0.6 is 0 Å². The SMILES string of the molecule is C[C@@H](c1ccn(Cc2ccccc2)n1)[C@](O)(Cn1cnnn1)c1ccc(F)cc1F. The zero-order valence-electron chi connectivity index (χ0n) is 16.2. The molecule has 0 radical (unpaired) electrons. The quantitative estimate of drug-likeness (QED) is 0.507. The van der Waals surface area contributed by atoms with Crippen LogP contribution in [0.1, 0.15) is 29.7 Å². The normalized spacial score (nSPS) is 14.4. The lowest BCUT2D eigenvalue weighted by atomic mass is 9.80. The molecule has 2 aromatic carbocycles. The molecule has 0 spiro atoms. The van der Waals surface area contributed by atoms with E-state index in [0.717, 1.165) is 17.7 Å². The molecule has 4 rings (SSSR count). The van der Waals surface area contributed by atoms with E-state index in [1.807, 2.05) is 30.3 Å². The highest BCUT2D eigenvalue weighted by atomic mass is 19.1. The maximum Gasteiger partial charge on any atom is 0.138 e. The van der Waals surface area contributed by atoms with Crippen LogP contribution in [0.3, 0.4) is 0 Å². The number of aliphatic hydroxyl groups is 1. The minimum Gasteiger partial charge on any atom is -0.382 e. The summed E-state index contributed by atoms with van der Waals surface area (Å²) in [5.74, 6) is -2.21. The van der Waals surface area contributed by atoms with Gasteiger partial charge in [0, 0.05) is 23.7 Å². The van der Waals surface area contributed by atoms with Gasteiger partial charge in [0.25, 0.3) is 0 Å². The Hall–Kier alpha value is -3.46. The summed E-state index contributed by atoms with van der Waals surface area (Å²) >= 11 is 0. The molecule has 0 unspecified atom stereocenters. The van der Waals surface area contributed by atoms with Crippen LogP contribution < -0.4 is 0 Å². The maximum absolute atomic E-state index is 14.7. The average Bonchev–Trinajstić information content (AvgIpc) is 3.40. The lowest BCUT2D eigenvalue weighted by Gasteiger charge is -2.33. The molecule has 2 atom stereocenters. The molecule has 7 nitrogen and oxygen atoms in total. The Balaban J connectivity index is 1.68. The third-order valence-corrected chi connectivity index (χ3v) is 5.20. The Bertz CT molecular complexity index is 1120. The molecule has 0 saturated heterocycles. The van der Waals surface area contributed by atoms with E-state index in [2.05, 4.69) is 20.6 Å². The second-order valence-electron chi connectivity index (χ2n) is 7.20. The van der Waals surface area contributed by atoms with Crippen LogP contribution in [-0.4, -0.2) is 35.1 Å². The van der Waals surface area contributed by atoms with Gasteiger partial charge in [-0.3, -0.25) is 4.68 Å². The smallest absolute Gasteiger partial charge is 0.138 e. The Labute approximate surface area is 171 Å². The largest absolute Gasteiger partial charge is 0.382 e. The zero-order chi connectivity index (χ0) is 21.1. The fraction of sp³-hybridized carbons (Fsp3) is 0.238. The summed E-state index contributed by atoms with van der Waals surface area (Å²) in [6.45, 7) is 2.17. The molecule has 0 aliphatic heterocycles. The first-order valence-corrected chi connectivity index (χ1v) is 9.41. The van der Waals surface area contributed by atoms with Gasteiger partial charge in [-0.15, -0.1) is 5.10 Å². The lowest BCUT2D eigenvalue weighted by Crippen LogP contribution is -2.38. The van der Waals surface area contributed by atoms with Crippen LogP contribution in [0.2, 0.25) is 0 Å². The molecular weight excluding hydrogens is 390 g/mol. The van der Waals surface area contributed by atoms with Crippen LogP contribution in [0.5, 0.6) is 0 Å². The number of hydrogen-bond acceptors (Lipinski definition) is 5. The highest BCUT2D eigenvalue weighted by Gasteiger charge is 2.41. The van der Waals surface area contributed by atoms with Crippen LogP contribution in [0.15, 0.2) is 67.1 Å². The average molecular weight is 410 g/mol. The number of aromatic nitrogens is 6. The summed E-state index contributed by atoms with van der Waals surface area (Å²) in [6, 6.07) is 14.7. The third kappa shape index (κ3) is 3.97. The molecule has 2 heterocycles. The fourth-order valence-electron chi connectivity index (χ4n) is 3.51. The van der Waals surface area contributed by atoms with Crippen LogP contribution in [-0.2, 0) is 18.7 Å². The highest BCUT2D eigenvalue weighted by molar-refractivity contribution is 5.30. The molecule has 0 fully saturated rings. The second kappa shape index (κ2) is 8.11. The number of rotatable bonds is 7. The van der Waals surface area contributed by atoms with Gasteiger partial charge in [0.15, 0.2) is 0 Å². The summed E-state index contributed by atoms with van der Waals surface area (Å²) in [6.07, 6.45) is 3.13. The summed E-state index contributed by atoms with van der Waals surface area (Å²) in [7, 11) is 0. The highest BCUT2D eigenvalue weighted by Crippen LogP contribution is 2.39. The van der Waals surface area contributed by atoms with E-state index >= 15 is 0 Å². The summed E-state index contributed by atoms with van der Waals surface area (Å²) in [5.41, 5.74) is -0.179. The molecule has 0 aliphatic rings. The summed E-state index contributed by atoms with van der Waals surface area (Å²) < 4.78 is 31.2. The van der Waals surface area contributed by atoms with Gasteiger partial charge in [-0.2, -0.15) is 5.10 Å². The standard InChI is InChI=1S/C21H20F2N6O/c1-15(20-9-10-28(25-20)12-16-5-3-2-4-6-16)21(30,13-29-14-24-26-27-29)18-8-7-17(22)11-19(18)23/h2-11,14-15,30H,12-13H2,1H3/t15-,21+/m0/s1. The molecule has 4 aromatic rings. The fourth-order valence-corrected chi connectivity index (χ4v) is 3.51. The van der Waals surface area contributed by atoms with Crippen molar-refractivity contribution < 1.29 is 13.9 Å². The van der Waals surface area contributed by atoms with E-state index in [0.29, 0.717) is 12.2 Å². The Morgan fingerprint density at radius 2 is 1.87 bits per heavy atom. The van der Waals surface area contributed by atoms with Gasteiger partial charge in [0.1, 0.15) is 23.6 Å². The van der Waals surface area contributed by atoms with Crippen molar-refractivity contribution >= 4 is 0 Å². The van der Waals surface area contributed by atoms with E-state index in [1.165, 1.54) is 17.1 Å². The van der Waals surface area contributed by atoms with Gasteiger partial charge < -0.3 is 5.11 Å². The van der Waals surface area contributed by atoms with Gasteiger partial charge in [0.2, 0.25) is 0 Å². The van der Waals surface area contributed by atoms with Crippen molar-refractivity contribution in [2.75, 3.05) is 0 Å². The first-order chi connectivity index (χ1) is 14.5. The Kier molecular flexibility index (Phi) is 5.37. The van der Waals surface area contributed by atoms with E-state index in [9.17, 15) is 13.9 Å². The number of benzene rings is 2. The van der Waals surface area contributed by atoms with Gasteiger partial charge in [-0.25, -0.2) is 13.5 Å². The summed E-state index contributed by atoms with van der Waals surface area (Å²) in [4.78, 5) is 0. The molecule has 0 saturated carbocycles. The van der Waals surface area contributed by atoms with Crippen LogP contribution in [0.25, 0.3) is 0 Å². The van der Waals surface area contributed by atoms with Crippen molar-refractivity contribution in [3.8, 4) is 0 Å². The van der Waals surface area contributed by atoms with Crippen molar-refractivity contribution in [1.82, 2.24) is 30.0 Å². The third-order valence-electron chi connectivity index (χ3n) is 5.20. The lowest BCUT2D eigenvalue weighted by molar-refractivity contribution is -0.0128. The van der Waals surface area contributed by atoms with E-state index < -0.39 is 23.2 Å². The molecule has 0 bridgehead atoms. The predicted octanol–water partition coefficient (Wildman–Crippen LogP) is 2.89. The molecule has 0 aliphatic carbocycles. The molecule has 154 valence electrons. The second-order valence-corrected chi connectivity index (χ2v) is 7.20.